The Kier molecular flexibility index (Phi) is 6.98. The lowest BCUT2D eigenvalue weighted by Crippen LogP contribution is -2.45. The first-order chi connectivity index (χ1) is 11.5. The molecule has 1 saturated carbocycles. The Labute approximate surface area is 145 Å². The minimum Gasteiger partial charge on any atom is -0.365 e. The fourth-order valence-electron chi connectivity index (χ4n) is 3.21. The van der Waals surface area contributed by atoms with Crippen molar-refractivity contribution in [2.24, 2.45) is 5.92 Å². The molecule has 1 fully saturated rings. The third-order valence-electron chi connectivity index (χ3n) is 4.72. The molecule has 0 bridgehead atoms. The summed E-state index contributed by atoms with van der Waals surface area (Å²) in [6, 6.07) is 9.07. The predicted molar refractivity (Wildman–Crippen MR) is 94.7 cm³/mol. The summed E-state index contributed by atoms with van der Waals surface area (Å²) < 4.78 is 5.90. The molecule has 0 spiro atoms. The summed E-state index contributed by atoms with van der Waals surface area (Å²) in [4.78, 5) is 24.5. The van der Waals surface area contributed by atoms with Gasteiger partial charge in [0, 0.05) is 6.42 Å². The van der Waals surface area contributed by atoms with Gasteiger partial charge in [-0.2, -0.15) is 0 Å². The molecule has 4 heteroatoms. The molecular weight excluding hydrogens is 302 g/mol. The molecule has 1 aliphatic carbocycles. The fraction of sp³-hybridized carbons (Fsp3) is 0.600. The number of ketones is 1. The molecule has 1 aliphatic rings. The molecule has 0 aromatic heterocycles. The first-order valence-corrected chi connectivity index (χ1v) is 8.98. The van der Waals surface area contributed by atoms with Crippen LogP contribution in [0.1, 0.15) is 52.0 Å². The third-order valence-corrected chi connectivity index (χ3v) is 4.72. The second-order valence-corrected chi connectivity index (χ2v) is 7.03. The summed E-state index contributed by atoms with van der Waals surface area (Å²) in [5, 5.41) is 2.79. The second-order valence-electron chi connectivity index (χ2n) is 7.03. The molecule has 2 rings (SSSR count). The zero-order chi connectivity index (χ0) is 17.5. The number of ether oxygens (including phenoxy) is 1. The summed E-state index contributed by atoms with van der Waals surface area (Å²) in [5.41, 5.74) is 0.962. The van der Waals surface area contributed by atoms with Gasteiger partial charge in [-0.25, -0.2) is 0 Å². The van der Waals surface area contributed by atoms with Crippen LogP contribution in [0.5, 0.6) is 0 Å². The highest BCUT2D eigenvalue weighted by Crippen LogP contribution is 2.26. The molecule has 132 valence electrons. The van der Waals surface area contributed by atoms with Crippen molar-refractivity contribution in [3.63, 3.8) is 0 Å². The van der Waals surface area contributed by atoms with Gasteiger partial charge in [0.05, 0.1) is 12.1 Å². The zero-order valence-electron chi connectivity index (χ0n) is 15.0. The second kappa shape index (κ2) is 8.97. The van der Waals surface area contributed by atoms with Gasteiger partial charge in [0.25, 0.3) is 0 Å². The normalized spacial score (nSPS) is 23.3. The molecule has 1 N–H and O–H groups in total. The Hall–Kier alpha value is -1.68. The first kappa shape index (κ1) is 18.7. The largest absolute Gasteiger partial charge is 0.365 e. The van der Waals surface area contributed by atoms with Gasteiger partial charge in [-0.15, -0.1) is 0 Å². The van der Waals surface area contributed by atoms with E-state index in [1.54, 1.807) is 13.8 Å². The van der Waals surface area contributed by atoms with Crippen LogP contribution in [-0.4, -0.2) is 29.9 Å². The number of rotatable bonds is 7. The summed E-state index contributed by atoms with van der Waals surface area (Å²) >= 11 is 0. The van der Waals surface area contributed by atoms with Crippen molar-refractivity contribution in [3.8, 4) is 0 Å². The SMILES string of the molecule is C[C@@H]1CCC[C@H](O[C@@H](C)C(=O)N[C@@H](C)C(=O)Cc2ccccc2)C1. The predicted octanol–water partition coefficient (Wildman–Crippen LogP) is 3.29. The van der Waals surface area contributed by atoms with Crippen LogP contribution in [0, 0.1) is 5.92 Å². The van der Waals surface area contributed by atoms with Crippen molar-refractivity contribution in [2.45, 2.75) is 71.1 Å². The molecule has 1 amide bonds. The van der Waals surface area contributed by atoms with Crippen molar-refractivity contribution < 1.29 is 14.3 Å². The third kappa shape index (κ3) is 5.75. The molecule has 1 aromatic carbocycles. The summed E-state index contributed by atoms with van der Waals surface area (Å²) in [5.74, 6) is 0.459. The Morgan fingerprint density at radius 3 is 2.58 bits per heavy atom. The lowest BCUT2D eigenvalue weighted by molar-refractivity contribution is -0.139. The van der Waals surface area contributed by atoms with Crippen LogP contribution < -0.4 is 5.32 Å². The number of amides is 1. The lowest BCUT2D eigenvalue weighted by Gasteiger charge is -2.29. The van der Waals surface area contributed by atoms with E-state index in [4.69, 9.17) is 4.74 Å². The van der Waals surface area contributed by atoms with E-state index in [-0.39, 0.29) is 17.8 Å². The van der Waals surface area contributed by atoms with Gasteiger partial charge in [0.1, 0.15) is 6.10 Å². The van der Waals surface area contributed by atoms with E-state index in [0.717, 1.165) is 24.8 Å². The Bertz CT molecular complexity index is 543. The average molecular weight is 331 g/mol. The highest BCUT2D eigenvalue weighted by Gasteiger charge is 2.25. The summed E-state index contributed by atoms with van der Waals surface area (Å²) in [7, 11) is 0. The number of benzene rings is 1. The number of hydrogen-bond acceptors (Lipinski definition) is 3. The smallest absolute Gasteiger partial charge is 0.249 e. The number of carbonyl (C=O) groups excluding carboxylic acids is 2. The fourth-order valence-corrected chi connectivity index (χ4v) is 3.21. The molecule has 4 atom stereocenters. The number of nitrogens with one attached hydrogen (secondary N) is 1. The quantitative estimate of drug-likeness (QED) is 0.834. The van der Waals surface area contributed by atoms with Crippen LogP contribution in [0.25, 0.3) is 0 Å². The van der Waals surface area contributed by atoms with Crippen molar-refractivity contribution >= 4 is 11.7 Å². The van der Waals surface area contributed by atoms with Crippen molar-refractivity contribution in [1.82, 2.24) is 5.32 Å². The Morgan fingerprint density at radius 1 is 1.21 bits per heavy atom. The molecule has 0 aliphatic heterocycles. The van der Waals surface area contributed by atoms with E-state index < -0.39 is 12.1 Å². The van der Waals surface area contributed by atoms with Crippen molar-refractivity contribution in [2.75, 3.05) is 0 Å². The van der Waals surface area contributed by atoms with Crippen LogP contribution >= 0.6 is 0 Å². The number of Topliss-reactive ketones (excluding diaryl/α,β-unsaturated/α-hetero) is 1. The summed E-state index contributed by atoms with van der Waals surface area (Å²) in [6.45, 7) is 5.73. The van der Waals surface area contributed by atoms with E-state index >= 15 is 0 Å². The molecule has 4 nitrogen and oxygen atoms in total. The van der Waals surface area contributed by atoms with Crippen LogP contribution in [0.2, 0.25) is 0 Å². The maximum absolute atomic E-state index is 12.3. The summed E-state index contributed by atoms with van der Waals surface area (Å²) in [6.07, 6.45) is 4.40. The maximum Gasteiger partial charge on any atom is 0.249 e. The number of carbonyl (C=O) groups is 2. The number of hydrogen-bond donors (Lipinski definition) is 1. The first-order valence-electron chi connectivity index (χ1n) is 8.98. The molecule has 0 saturated heterocycles. The van der Waals surface area contributed by atoms with Gasteiger partial charge < -0.3 is 10.1 Å². The van der Waals surface area contributed by atoms with Crippen LogP contribution in [0.3, 0.4) is 0 Å². The Morgan fingerprint density at radius 2 is 1.92 bits per heavy atom. The Balaban J connectivity index is 1.78. The highest BCUT2D eigenvalue weighted by atomic mass is 16.5. The minimum absolute atomic E-state index is 0.00744. The van der Waals surface area contributed by atoms with Gasteiger partial charge in [-0.3, -0.25) is 9.59 Å². The highest BCUT2D eigenvalue weighted by molar-refractivity contribution is 5.91. The molecule has 1 aromatic rings. The monoisotopic (exact) mass is 331 g/mol. The zero-order valence-corrected chi connectivity index (χ0v) is 15.0. The van der Waals surface area contributed by atoms with E-state index in [1.807, 2.05) is 30.3 Å². The van der Waals surface area contributed by atoms with Crippen LogP contribution in [0.15, 0.2) is 30.3 Å². The van der Waals surface area contributed by atoms with Crippen molar-refractivity contribution in [3.05, 3.63) is 35.9 Å². The van der Waals surface area contributed by atoms with E-state index in [1.165, 1.54) is 6.42 Å². The van der Waals surface area contributed by atoms with Crippen molar-refractivity contribution in [1.29, 1.82) is 0 Å². The lowest BCUT2D eigenvalue weighted by atomic mass is 9.88. The van der Waals surface area contributed by atoms with Gasteiger partial charge in [-0.1, -0.05) is 50.1 Å². The van der Waals surface area contributed by atoms with Crippen LogP contribution in [-0.2, 0) is 20.7 Å². The average Bonchev–Trinajstić information content (AvgIpc) is 2.55. The van der Waals surface area contributed by atoms with E-state index in [2.05, 4.69) is 12.2 Å². The van der Waals surface area contributed by atoms with Gasteiger partial charge in [0.2, 0.25) is 5.91 Å². The van der Waals surface area contributed by atoms with E-state index in [9.17, 15) is 9.59 Å². The standard InChI is InChI=1S/C20H29NO3/c1-14-8-7-11-18(12-14)24-16(3)20(23)21-15(2)19(22)13-17-9-5-4-6-10-17/h4-6,9-10,14-16,18H,7-8,11-13H2,1-3H3,(H,21,23)/t14-,15+,16+,18+/m1/s1. The molecular formula is C20H29NO3. The van der Waals surface area contributed by atoms with Gasteiger partial charge >= 0.3 is 0 Å². The molecule has 0 heterocycles. The van der Waals surface area contributed by atoms with Gasteiger partial charge in [-0.05, 0) is 38.2 Å². The molecule has 0 unspecified atom stereocenters. The van der Waals surface area contributed by atoms with E-state index in [0.29, 0.717) is 12.3 Å². The van der Waals surface area contributed by atoms with Crippen LogP contribution in [0.4, 0.5) is 0 Å². The maximum atomic E-state index is 12.3. The van der Waals surface area contributed by atoms with Gasteiger partial charge in [0.15, 0.2) is 5.78 Å². The minimum atomic E-state index is -0.521. The molecule has 24 heavy (non-hydrogen) atoms. The topological polar surface area (TPSA) is 55.4 Å². The molecule has 0 radical (unpaired) electrons.